The molecule has 0 amide bonds. The van der Waals surface area contributed by atoms with E-state index in [1.54, 1.807) is 6.07 Å². The highest BCUT2D eigenvalue weighted by atomic mass is 16.5. The maximum Gasteiger partial charge on any atom is 0.232 e. The zero-order valence-corrected chi connectivity index (χ0v) is 12.3. The van der Waals surface area contributed by atoms with Gasteiger partial charge in [-0.15, -0.1) is 0 Å². The summed E-state index contributed by atoms with van der Waals surface area (Å²) in [5.74, 6) is 0.405. The van der Waals surface area contributed by atoms with E-state index in [1.165, 1.54) is 0 Å². The van der Waals surface area contributed by atoms with E-state index in [0.717, 1.165) is 24.2 Å². The van der Waals surface area contributed by atoms with E-state index in [-0.39, 0.29) is 6.10 Å². The summed E-state index contributed by atoms with van der Waals surface area (Å²) in [6.07, 6.45) is 0.682. The van der Waals surface area contributed by atoms with Crippen LogP contribution in [0.2, 0.25) is 0 Å². The third-order valence-corrected chi connectivity index (χ3v) is 3.20. The third kappa shape index (κ3) is 4.04. The van der Waals surface area contributed by atoms with Gasteiger partial charge in [-0.3, -0.25) is 0 Å². The standard InChI is InChI=1S/C17H19N3O/c1-13-8-9-15(12-18)17(20-13)21-16(10-11-19-2)14-6-4-3-5-7-14/h3-9,16,19H,10-11H2,1-2H3/t16-/m1/s1. The Balaban J connectivity index is 2.27. The summed E-state index contributed by atoms with van der Waals surface area (Å²) in [6.45, 7) is 2.71. The van der Waals surface area contributed by atoms with E-state index in [2.05, 4.69) is 16.4 Å². The lowest BCUT2D eigenvalue weighted by Gasteiger charge is -2.19. The summed E-state index contributed by atoms with van der Waals surface area (Å²) in [4.78, 5) is 4.35. The Hall–Kier alpha value is -2.38. The SMILES string of the molecule is CNCC[C@@H](Oc1nc(C)ccc1C#N)c1ccccc1. The average Bonchev–Trinajstić information content (AvgIpc) is 2.52. The molecular weight excluding hydrogens is 262 g/mol. The van der Waals surface area contributed by atoms with Crippen molar-refractivity contribution in [3.8, 4) is 11.9 Å². The summed E-state index contributed by atoms with van der Waals surface area (Å²) in [5.41, 5.74) is 2.38. The number of nitrogens with zero attached hydrogens (tertiary/aromatic N) is 2. The quantitative estimate of drug-likeness (QED) is 0.884. The Morgan fingerprint density at radius 2 is 2.00 bits per heavy atom. The molecule has 0 unspecified atom stereocenters. The lowest BCUT2D eigenvalue weighted by atomic mass is 10.1. The van der Waals surface area contributed by atoms with E-state index in [9.17, 15) is 5.26 Å². The zero-order valence-electron chi connectivity index (χ0n) is 12.3. The number of hydrogen-bond acceptors (Lipinski definition) is 4. The molecule has 1 N–H and O–H groups in total. The van der Waals surface area contributed by atoms with Crippen LogP contribution in [0.15, 0.2) is 42.5 Å². The maximum atomic E-state index is 9.19. The third-order valence-electron chi connectivity index (χ3n) is 3.20. The summed E-state index contributed by atoms with van der Waals surface area (Å²) in [6, 6.07) is 15.7. The monoisotopic (exact) mass is 281 g/mol. The van der Waals surface area contributed by atoms with Crippen LogP contribution in [0.3, 0.4) is 0 Å². The van der Waals surface area contributed by atoms with Crippen molar-refractivity contribution in [1.82, 2.24) is 10.3 Å². The Morgan fingerprint density at radius 1 is 1.24 bits per heavy atom. The highest BCUT2D eigenvalue weighted by molar-refractivity contribution is 5.39. The molecule has 0 fully saturated rings. The molecule has 2 aromatic rings. The van der Waals surface area contributed by atoms with Crippen molar-refractivity contribution in [2.45, 2.75) is 19.4 Å². The van der Waals surface area contributed by atoms with Gasteiger partial charge < -0.3 is 10.1 Å². The molecule has 1 aromatic heterocycles. The van der Waals surface area contributed by atoms with Crippen LogP contribution in [-0.4, -0.2) is 18.6 Å². The number of ether oxygens (including phenoxy) is 1. The highest BCUT2D eigenvalue weighted by Crippen LogP contribution is 2.25. The van der Waals surface area contributed by atoms with Crippen molar-refractivity contribution in [2.24, 2.45) is 0 Å². The molecule has 108 valence electrons. The number of benzene rings is 1. The van der Waals surface area contributed by atoms with Gasteiger partial charge in [0.05, 0.1) is 0 Å². The number of hydrogen-bond donors (Lipinski definition) is 1. The Morgan fingerprint density at radius 3 is 2.67 bits per heavy atom. The van der Waals surface area contributed by atoms with E-state index < -0.39 is 0 Å². The van der Waals surface area contributed by atoms with Gasteiger partial charge in [0.2, 0.25) is 5.88 Å². The molecule has 0 spiro atoms. The van der Waals surface area contributed by atoms with Gasteiger partial charge in [0, 0.05) is 12.1 Å². The second-order valence-electron chi connectivity index (χ2n) is 4.83. The fourth-order valence-electron chi connectivity index (χ4n) is 2.08. The average molecular weight is 281 g/mol. The van der Waals surface area contributed by atoms with Crippen molar-refractivity contribution in [3.05, 3.63) is 59.3 Å². The van der Waals surface area contributed by atoms with Crippen LogP contribution in [-0.2, 0) is 0 Å². The molecule has 1 atom stereocenters. The molecule has 2 rings (SSSR count). The molecule has 0 radical (unpaired) electrons. The van der Waals surface area contributed by atoms with Crippen molar-refractivity contribution in [3.63, 3.8) is 0 Å². The largest absolute Gasteiger partial charge is 0.468 e. The van der Waals surface area contributed by atoms with Gasteiger partial charge in [-0.25, -0.2) is 4.98 Å². The van der Waals surface area contributed by atoms with Crippen LogP contribution >= 0.6 is 0 Å². The van der Waals surface area contributed by atoms with E-state index in [0.29, 0.717) is 11.4 Å². The van der Waals surface area contributed by atoms with E-state index in [1.807, 2.05) is 50.4 Å². The number of aryl methyl sites for hydroxylation is 1. The van der Waals surface area contributed by atoms with Crippen LogP contribution in [0.1, 0.15) is 29.3 Å². The van der Waals surface area contributed by atoms with Crippen LogP contribution in [0.25, 0.3) is 0 Å². The molecule has 4 heteroatoms. The van der Waals surface area contributed by atoms with Gasteiger partial charge in [0.15, 0.2) is 0 Å². The first-order valence-electron chi connectivity index (χ1n) is 6.98. The minimum Gasteiger partial charge on any atom is -0.468 e. The van der Waals surface area contributed by atoms with Gasteiger partial charge in [0.1, 0.15) is 17.7 Å². The lowest BCUT2D eigenvalue weighted by Crippen LogP contribution is -2.17. The predicted molar refractivity (Wildman–Crippen MR) is 82.0 cm³/mol. The molecule has 0 aliphatic carbocycles. The van der Waals surface area contributed by atoms with Crippen LogP contribution in [0, 0.1) is 18.3 Å². The minimum absolute atomic E-state index is 0.125. The number of rotatable bonds is 6. The Kier molecular flexibility index (Phi) is 5.30. The minimum atomic E-state index is -0.125. The highest BCUT2D eigenvalue weighted by Gasteiger charge is 2.16. The van der Waals surface area contributed by atoms with Crippen LogP contribution in [0.5, 0.6) is 5.88 Å². The van der Waals surface area contributed by atoms with Gasteiger partial charge in [-0.1, -0.05) is 30.3 Å². The second kappa shape index (κ2) is 7.41. The van der Waals surface area contributed by atoms with E-state index >= 15 is 0 Å². The van der Waals surface area contributed by atoms with Crippen LogP contribution in [0.4, 0.5) is 0 Å². The zero-order chi connectivity index (χ0) is 15.1. The van der Waals surface area contributed by atoms with Crippen molar-refractivity contribution in [1.29, 1.82) is 5.26 Å². The summed E-state index contributed by atoms with van der Waals surface area (Å²) in [5, 5.41) is 12.3. The Labute approximate surface area is 125 Å². The number of nitrogens with one attached hydrogen (secondary N) is 1. The second-order valence-corrected chi connectivity index (χ2v) is 4.83. The first-order chi connectivity index (χ1) is 10.2. The number of nitriles is 1. The molecule has 0 aliphatic rings. The van der Waals surface area contributed by atoms with Crippen LogP contribution < -0.4 is 10.1 Å². The van der Waals surface area contributed by atoms with Crippen molar-refractivity contribution in [2.75, 3.05) is 13.6 Å². The first kappa shape index (κ1) is 15.0. The Bertz CT molecular complexity index is 620. The fraction of sp³-hybridized carbons (Fsp3) is 0.294. The number of pyridine rings is 1. The summed E-state index contributed by atoms with van der Waals surface area (Å²) >= 11 is 0. The molecular formula is C17H19N3O. The molecule has 0 aliphatic heterocycles. The molecule has 0 saturated carbocycles. The first-order valence-corrected chi connectivity index (χ1v) is 6.98. The molecule has 0 bridgehead atoms. The van der Waals surface area contributed by atoms with Crippen molar-refractivity contribution >= 4 is 0 Å². The fourth-order valence-corrected chi connectivity index (χ4v) is 2.08. The predicted octanol–water partition coefficient (Wildman–Crippen LogP) is 2.99. The topological polar surface area (TPSA) is 57.9 Å². The summed E-state index contributed by atoms with van der Waals surface area (Å²) < 4.78 is 6.03. The molecule has 1 heterocycles. The van der Waals surface area contributed by atoms with E-state index in [4.69, 9.17) is 4.74 Å². The van der Waals surface area contributed by atoms with Crippen molar-refractivity contribution < 1.29 is 4.74 Å². The van der Waals surface area contributed by atoms with Gasteiger partial charge in [0.25, 0.3) is 0 Å². The molecule has 4 nitrogen and oxygen atoms in total. The summed E-state index contributed by atoms with van der Waals surface area (Å²) in [7, 11) is 1.91. The lowest BCUT2D eigenvalue weighted by molar-refractivity contribution is 0.186. The molecule has 21 heavy (non-hydrogen) atoms. The van der Waals surface area contributed by atoms with Gasteiger partial charge >= 0.3 is 0 Å². The molecule has 1 aromatic carbocycles. The van der Waals surface area contributed by atoms with Gasteiger partial charge in [-0.05, 0) is 38.2 Å². The normalized spacial score (nSPS) is 11.7. The van der Waals surface area contributed by atoms with Gasteiger partial charge in [-0.2, -0.15) is 5.26 Å². The maximum absolute atomic E-state index is 9.19. The number of aromatic nitrogens is 1. The molecule has 0 saturated heterocycles. The smallest absolute Gasteiger partial charge is 0.232 e.